The second-order valence-corrected chi connectivity index (χ2v) is 4.71. The standard InChI is InChI=1S/C11H18F3N5/c1-6(2)7(3)5-16-9-4-8(11(12,13)14)17-10(18-9)19-15/h4,6-7H,5,15H2,1-3H3,(H2,16,17,18,19). The number of nitrogens with zero attached hydrogens (tertiary/aromatic N) is 2. The number of aromatic nitrogens is 2. The quantitative estimate of drug-likeness (QED) is 0.569. The maximum absolute atomic E-state index is 12.6. The first-order valence-electron chi connectivity index (χ1n) is 5.90. The van der Waals surface area contributed by atoms with Gasteiger partial charge in [-0.15, -0.1) is 0 Å². The molecule has 19 heavy (non-hydrogen) atoms. The van der Waals surface area contributed by atoms with E-state index in [4.69, 9.17) is 5.84 Å². The van der Waals surface area contributed by atoms with Crippen LogP contribution in [0.1, 0.15) is 26.5 Å². The Bertz CT molecular complexity index is 419. The molecule has 1 heterocycles. The Morgan fingerprint density at radius 1 is 1.26 bits per heavy atom. The molecule has 0 saturated carbocycles. The summed E-state index contributed by atoms with van der Waals surface area (Å²) in [5, 5.41) is 2.87. The second kappa shape index (κ2) is 6.05. The zero-order valence-electron chi connectivity index (χ0n) is 11.0. The van der Waals surface area contributed by atoms with Crippen molar-refractivity contribution in [2.45, 2.75) is 26.9 Å². The molecule has 1 aromatic heterocycles. The van der Waals surface area contributed by atoms with E-state index in [2.05, 4.69) is 15.3 Å². The van der Waals surface area contributed by atoms with Crippen molar-refractivity contribution in [3.63, 3.8) is 0 Å². The van der Waals surface area contributed by atoms with Gasteiger partial charge in [0, 0.05) is 12.6 Å². The third-order valence-electron chi connectivity index (χ3n) is 2.89. The summed E-state index contributed by atoms with van der Waals surface area (Å²) in [6.45, 7) is 6.61. The van der Waals surface area contributed by atoms with Gasteiger partial charge < -0.3 is 5.32 Å². The van der Waals surface area contributed by atoms with Crippen molar-refractivity contribution in [3.05, 3.63) is 11.8 Å². The summed E-state index contributed by atoms with van der Waals surface area (Å²) in [6.07, 6.45) is -4.53. The van der Waals surface area contributed by atoms with E-state index in [0.29, 0.717) is 18.4 Å². The van der Waals surface area contributed by atoms with E-state index in [0.717, 1.165) is 6.07 Å². The first kappa shape index (κ1) is 15.5. The van der Waals surface area contributed by atoms with Gasteiger partial charge in [0.05, 0.1) is 0 Å². The number of halogens is 3. The number of rotatable bonds is 5. The Hall–Kier alpha value is -1.57. The zero-order valence-corrected chi connectivity index (χ0v) is 11.0. The van der Waals surface area contributed by atoms with Gasteiger partial charge in [0.15, 0.2) is 5.69 Å². The fraction of sp³-hybridized carbons (Fsp3) is 0.636. The largest absolute Gasteiger partial charge is 0.433 e. The molecule has 0 aliphatic rings. The number of anilines is 2. The molecule has 1 unspecified atom stereocenters. The van der Waals surface area contributed by atoms with Crippen molar-refractivity contribution < 1.29 is 13.2 Å². The minimum atomic E-state index is -4.53. The fourth-order valence-corrected chi connectivity index (χ4v) is 1.25. The average molecular weight is 277 g/mol. The van der Waals surface area contributed by atoms with Gasteiger partial charge in [0.2, 0.25) is 5.95 Å². The highest BCUT2D eigenvalue weighted by Crippen LogP contribution is 2.29. The lowest BCUT2D eigenvalue weighted by atomic mass is 9.98. The summed E-state index contributed by atoms with van der Waals surface area (Å²) in [6, 6.07) is 0.869. The van der Waals surface area contributed by atoms with Crippen LogP contribution in [0.3, 0.4) is 0 Å². The van der Waals surface area contributed by atoms with Gasteiger partial charge in [-0.25, -0.2) is 10.8 Å². The van der Waals surface area contributed by atoms with Crippen LogP contribution in [0.15, 0.2) is 6.07 Å². The number of nitrogens with two attached hydrogens (primary N) is 1. The number of nitrogens with one attached hydrogen (secondary N) is 2. The highest BCUT2D eigenvalue weighted by Gasteiger charge is 2.33. The molecule has 0 radical (unpaired) electrons. The molecule has 0 bridgehead atoms. The maximum Gasteiger partial charge on any atom is 0.433 e. The van der Waals surface area contributed by atoms with E-state index < -0.39 is 11.9 Å². The predicted molar refractivity (Wildman–Crippen MR) is 67.3 cm³/mol. The lowest BCUT2D eigenvalue weighted by Gasteiger charge is -2.17. The Kier molecular flexibility index (Phi) is 4.93. The van der Waals surface area contributed by atoms with E-state index in [1.165, 1.54) is 0 Å². The van der Waals surface area contributed by atoms with Gasteiger partial charge in [0.25, 0.3) is 0 Å². The summed E-state index contributed by atoms with van der Waals surface area (Å²) in [5.41, 5.74) is 0.996. The van der Waals surface area contributed by atoms with Crippen LogP contribution in [0, 0.1) is 11.8 Å². The van der Waals surface area contributed by atoms with E-state index in [1.807, 2.05) is 26.2 Å². The Balaban J connectivity index is 2.89. The topological polar surface area (TPSA) is 75.9 Å². The monoisotopic (exact) mass is 277 g/mol. The molecule has 0 spiro atoms. The second-order valence-electron chi connectivity index (χ2n) is 4.71. The van der Waals surface area contributed by atoms with Gasteiger partial charge in [0.1, 0.15) is 5.82 Å². The van der Waals surface area contributed by atoms with E-state index in [9.17, 15) is 13.2 Å². The molecule has 0 aromatic carbocycles. The van der Waals surface area contributed by atoms with Crippen LogP contribution in [0.5, 0.6) is 0 Å². The van der Waals surface area contributed by atoms with Crippen LogP contribution in [0.4, 0.5) is 24.9 Å². The number of alkyl halides is 3. The summed E-state index contributed by atoms with van der Waals surface area (Å²) in [4.78, 5) is 7.11. The molecule has 0 aliphatic carbocycles. The number of nitrogen functional groups attached to an aromatic ring is 1. The number of hydrogen-bond acceptors (Lipinski definition) is 5. The SMILES string of the molecule is CC(C)C(C)CNc1cc(C(F)(F)F)nc(NN)n1. The van der Waals surface area contributed by atoms with Crippen LogP contribution >= 0.6 is 0 Å². The molecule has 108 valence electrons. The smallest absolute Gasteiger partial charge is 0.370 e. The third kappa shape index (κ3) is 4.55. The highest BCUT2D eigenvalue weighted by molar-refractivity contribution is 5.42. The molecular weight excluding hydrogens is 259 g/mol. The molecule has 0 fully saturated rings. The molecule has 0 saturated heterocycles. The Morgan fingerprint density at radius 2 is 1.89 bits per heavy atom. The molecule has 8 heteroatoms. The van der Waals surface area contributed by atoms with E-state index >= 15 is 0 Å². The van der Waals surface area contributed by atoms with Crippen LogP contribution in [0.25, 0.3) is 0 Å². The number of hydrazine groups is 1. The summed E-state index contributed by atoms with van der Waals surface area (Å²) in [5.74, 6) is 5.62. The lowest BCUT2D eigenvalue weighted by molar-refractivity contribution is -0.141. The van der Waals surface area contributed by atoms with Crippen LogP contribution < -0.4 is 16.6 Å². The Labute approximate surface area is 109 Å². The summed E-state index contributed by atoms with van der Waals surface area (Å²) >= 11 is 0. The maximum atomic E-state index is 12.6. The summed E-state index contributed by atoms with van der Waals surface area (Å²) in [7, 11) is 0. The van der Waals surface area contributed by atoms with Crippen molar-refractivity contribution in [3.8, 4) is 0 Å². The average Bonchev–Trinajstić information content (AvgIpc) is 2.34. The molecule has 1 atom stereocenters. The molecule has 1 aromatic rings. The van der Waals surface area contributed by atoms with Crippen molar-refractivity contribution in [2.75, 3.05) is 17.3 Å². The summed E-state index contributed by atoms with van der Waals surface area (Å²) < 4.78 is 37.9. The van der Waals surface area contributed by atoms with Gasteiger partial charge in [-0.1, -0.05) is 20.8 Å². The molecule has 5 nitrogen and oxygen atoms in total. The van der Waals surface area contributed by atoms with Crippen molar-refractivity contribution >= 4 is 11.8 Å². The minimum Gasteiger partial charge on any atom is -0.370 e. The zero-order chi connectivity index (χ0) is 14.6. The van der Waals surface area contributed by atoms with E-state index in [-0.39, 0.29) is 11.8 Å². The first-order valence-corrected chi connectivity index (χ1v) is 5.90. The van der Waals surface area contributed by atoms with Crippen molar-refractivity contribution in [1.29, 1.82) is 0 Å². The van der Waals surface area contributed by atoms with Crippen LogP contribution in [-0.2, 0) is 6.18 Å². The highest BCUT2D eigenvalue weighted by atomic mass is 19.4. The van der Waals surface area contributed by atoms with Crippen molar-refractivity contribution in [2.24, 2.45) is 17.7 Å². The lowest BCUT2D eigenvalue weighted by Crippen LogP contribution is -2.20. The first-order chi connectivity index (χ1) is 8.74. The molecule has 4 N–H and O–H groups in total. The van der Waals surface area contributed by atoms with E-state index in [1.54, 1.807) is 0 Å². The molecule has 0 aliphatic heterocycles. The molecule has 1 rings (SSSR count). The third-order valence-corrected chi connectivity index (χ3v) is 2.89. The van der Waals surface area contributed by atoms with Gasteiger partial charge >= 0.3 is 6.18 Å². The minimum absolute atomic E-state index is 0.0998. The van der Waals surface area contributed by atoms with Gasteiger partial charge in [-0.3, -0.25) is 5.43 Å². The fourth-order valence-electron chi connectivity index (χ4n) is 1.25. The van der Waals surface area contributed by atoms with Crippen LogP contribution in [0.2, 0.25) is 0 Å². The molecular formula is C11H18F3N5. The van der Waals surface area contributed by atoms with Crippen LogP contribution in [-0.4, -0.2) is 16.5 Å². The molecule has 0 amide bonds. The van der Waals surface area contributed by atoms with Crippen molar-refractivity contribution in [1.82, 2.24) is 9.97 Å². The number of hydrogen-bond donors (Lipinski definition) is 3. The Morgan fingerprint density at radius 3 is 2.37 bits per heavy atom. The predicted octanol–water partition coefficient (Wildman–Crippen LogP) is 2.48. The van der Waals surface area contributed by atoms with Gasteiger partial charge in [-0.05, 0) is 11.8 Å². The van der Waals surface area contributed by atoms with Gasteiger partial charge in [-0.2, -0.15) is 18.2 Å². The normalized spacial score (nSPS) is 13.5.